The molecule has 1 aliphatic rings. The maximum atomic E-state index is 12.2. The average molecular weight is 316 g/mol. The van der Waals surface area contributed by atoms with Crippen LogP contribution in [0.15, 0.2) is 53.4 Å². The van der Waals surface area contributed by atoms with Crippen molar-refractivity contribution in [3.8, 4) is 0 Å². The van der Waals surface area contributed by atoms with Gasteiger partial charge in [-0.25, -0.2) is 13.6 Å². The fourth-order valence-corrected chi connectivity index (χ4v) is 3.24. The molecule has 2 aromatic carbocycles. The van der Waals surface area contributed by atoms with E-state index >= 15 is 0 Å². The summed E-state index contributed by atoms with van der Waals surface area (Å²) in [7, 11) is -3.74. The van der Waals surface area contributed by atoms with E-state index in [1.165, 1.54) is 35.4 Å². The molecule has 6 heteroatoms. The molecular weight excluding hydrogens is 300 g/mol. The highest BCUT2D eigenvalue weighted by Gasteiger charge is 2.22. The number of carbonyl (C=O) groups excluding carboxylic acids is 1. The normalized spacial score (nSPS) is 14.6. The number of hydrogen-bond donors (Lipinski definition) is 2. The lowest BCUT2D eigenvalue weighted by Crippen LogP contribution is -2.35. The van der Waals surface area contributed by atoms with Crippen molar-refractivity contribution in [2.45, 2.75) is 23.8 Å². The Labute approximate surface area is 129 Å². The fourth-order valence-electron chi connectivity index (χ4n) is 2.73. The predicted octanol–water partition coefficient (Wildman–Crippen LogP) is 1.23. The van der Waals surface area contributed by atoms with E-state index in [-0.39, 0.29) is 16.8 Å². The van der Waals surface area contributed by atoms with Gasteiger partial charge in [0.15, 0.2) is 0 Å². The first-order valence-electron chi connectivity index (χ1n) is 6.94. The number of amides is 1. The topological polar surface area (TPSA) is 89.3 Å². The molecule has 0 radical (unpaired) electrons. The van der Waals surface area contributed by atoms with Gasteiger partial charge in [-0.3, -0.25) is 4.79 Å². The van der Waals surface area contributed by atoms with Gasteiger partial charge in [0, 0.05) is 11.6 Å². The van der Waals surface area contributed by atoms with E-state index in [4.69, 9.17) is 5.14 Å². The van der Waals surface area contributed by atoms with Crippen molar-refractivity contribution in [1.82, 2.24) is 5.32 Å². The van der Waals surface area contributed by atoms with E-state index in [1.54, 1.807) is 0 Å². The van der Waals surface area contributed by atoms with Gasteiger partial charge >= 0.3 is 0 Å². The quantitative estimate of drug-likeness (QED) is 0.892. The molecule has 5 nitrogen and oxygen atoms in total. The predicted molar refractivity (Wildman–Crippen MR) is 82.9 cm³/mol. The lowest BCUT2D eigenvalue weighted by Gasteiger charge is -2.12. The zero-order valence-electron chi connectivity index (χ0n) is 11.8. The van der Waals surface area contributed by atoms with Gasteiger partial charge in [-0.05, 0) is 48.2 Å². The first kappa shape index (κ1) is 14.7. The summed E-state index contributed by atoms with van der Waals surface area (Å²) < 4.78 is 22.4. The van der Waals surface area contributed by atoms with E-state index in [0.29, 0.717) is 5.56 Å². The summed E-state index contributed by atoms with van der Waals surface area (Å²) in [6, 6.07) is 13.8. The highest BCUT2D eigenvalue weighted by Crippen LogP contribution is 2.22. The van der Waals surface area contributed by atoms with Gasteiger partial charge in [0.2, 0.25) is 10.0 Å². The molecule has 114 valence electrons. The summed E-state index contributed by atoms with van der Waals surface area (Å²) in [5, 5.41) is 8.02. The maximum absolute atomic E-state index is 12.2. The molecule has 0 fully saturated rings. The van der Waals surface area contributed by atoms with Crippen LogP contribution in [0.1, 0.15) is 21.5 Å². The lowest BCUT2D eigenvalue weighted by atomic mass is 10.1. The number of rotatable bonds is 3. The minimum Gasteiger partial charge on any atom is -0.349 e. The molecule has 3 N–H and O–H groups in total. The number of nitrogens with two attached hydrogens (primary N) is 1. The number of nitrogens with one attached hydrogen (secondary N) is 1. The zero-order valence-corrected chi connectivity index (χ0v) is 12.6. The number of benzene rings is 2. The van der Waals surface area contributed by atoms with Crippen LogP contribution in [-0.2, 0) is 22.9 Å². The summed E-state index contributed by atoms with van der Waals surface area (Å²) in [6.45, 7) is 0. The Morgan fingerprint density at radius 3 is 2.05 bits per heavy atom. The molecule has 0 aromatic heterocycles. The third-order valence-corrected chi connectivity index (χ3v) is 4.76. The molecule has 0 heterocycles. The van der Waals surface area contributed by atoms with Crippen LogP contribution < -0.4 is 10.5 Å². The highest BCUT2D eigenvalue weighted by molar-refractivity contribution is 7.89. The van der Waals surface area contributed by atoms with Gasteiger partial charge in [0.05, 0.1) is 4.90 Å². The van der Waals surface area contributed by atoms with E-state index in [9.17, 15) is 13.2 Å². The number of primary sulfonamides is 1. The Hall–Kier alpha value is -2.18. The Bertz CT molecular complexity index is 789. The number of hydrogen-bond acceptors (Lipinski definition) is 3. The van der Waals surface area contributed by atoms with Gasteiger partial charge in [-0.2, -0.15) is 0 Å². The molecule has 1 amide bonds. The molecule has 0 bridgehead atoms. The molecule has 1 aliphatic carbocycles. The first-order chi connectivity index (χ1) is 10.4. The van der Waals surface area contributed by atoms with Crippen LogP contribution >= 0.6 is 0 Å². The number of sulfonamides is 1. The van der Waals surface area contributed by atoms with Crippen LogP contribution in [0.5, 0.6) is 0 Å². The van der Waals surface area contributed by atoms with Gasteiger partial charge in [0.1, 0.15) is 0 Å². The lowest BCUT2D eigenvalue weighted by molar-refractivity contribution is 0.0938. The summed E-state index contributed by atoms with van der Waals surface area (Å²) in [4.78, 5) is 12.2. The molecule has 22 heavy (non-hydrogen) atoms. The van der Waals surface area contributed by atoms with Crippen LogP contribution in [-0.4, -0.2) is 20.4 Å². The second-order valence-corrected chi connectivity index (χ2v) is 6.98. The number of carbonyl (C=O) groups is 1. The fraction of sp³-hybridized carbons (Fsp3) is 0.188. The Morgan fingerprint density at radius 1 is 1.00 bits per heavy atom. The van der Waals surface area contributed by atoms with Crippen LogP contribution in [0.3, 0.4) is 0 Å². The van der Waals surface area contributed by atoms with Gasteiger partial charge < -0.3 is 5.32 Å². The minimum absolute atomic E-state index is 0.00248. The molecule has 3 rings (SSSR count). The standard InChI is InChI=1S/C16H16N2O3S/c17-22(20,21)15-7-5-11(6-8-15)16(19)18-14-9-12-3-1-2-4-13(12)10-14/h1-8,14H,9-10H2,(H,18,19)(H2,17,20,21). The third kappa shape index (κ3) is 3.03. The van der Waals surface area contributed by atoms with Crippen LogP contribution in [0, 0.1) is 0 Å². The van der Waals surface area contributed by atoms with Crippen molar-refractivity contribution in [2.24, 2.45) is 5.14 Å². The van der Waals surface area contributed by atoms with Crippen molar-refractivity contribution in [1.29, 1.82) is 0 Å². The van der Waals surface area contributed by atoms with Gasteiger partial charge in [-0.15, -0.1) is 0 Å². The molecule has 2 aromatic rings. The van der Waals surface area contributed by atoms with Crippen LogP contribution in [0.2, 0.25) is 0 Å². The van der Waals surface area contributed by atoms with Crippen molar-refractivity contribution in [3.63, 3.8) is 0 Å². The van der Waals surface area contributed by atoms with Gasteiger partial charge in [-0.1, -0.05) is 24.3 Å². The second-order valence-electron chi connectivity index (χ2n) is 5.42. The summed E-state index contributed by atoms with van der Waals surface area (Å²) in [5.74, 6) is -0.209. The SMILES string of the molecule is NS(=O)(=O)c1ccc(C(=O)NC2Cc3ccccc3C2)cc1. The van der Waals surface area contributed by atoms with Crippen LogP contribution in [0.4, 0.5) is 0 Å². The summed E-state index contributed by atoms with van der Waals surface area (Å²) in [5.41, 5.74) is 2.94. The smallest absolute Gasteiger partial charge is 0.251 e. The van der Waals surface area contributed by atoms with Crippen molar-refractivity contribution >= 4 is 15.9 Å². The van der Waals surface area contributed by atoms with E-state index in [0.717, 1.165) is 12.8 Å². The molecule has 0 aliphatic heterocycles. The summed E-state index contributed by atoms with van der Waals surface area (Å²) in [6.07, 6.45) is 1.63. The Morgan fingerprint density at radius 2 is 1.55 bits per heavy atom. The first-order valence-corrected chi connectivity index (χ1v) is 8.48. The minimum atomic E-state index is -3.74. The van der Waals surface area contributed by atoms with E-state index < -0.39 is 10.0 Å². The van der Waals surface area contributed by atoms with Gasteiger partial charge in [0.25, 0.3) is 5.91 Å². The molecule has 0 saturated heterocycles. The monoisotopic (exact) mass is 316 g/mol. The van der Waals surface area contributed by atoms with Crippen LogP contribution in [0.25, 0.3) is 0 Å². The van der Waals surface area contributed by atoms with Crippen molar-refractivity contribution in [3.05, 3.63) is 65.2 Å². The largest absolute Gasteiger partial charge is 0.349 e. The van der Waals surface area contributed by atoms with E-state index in [2.05, 4.69) is 17.4 Å². The Balaban J connectivity index is 1.69. The average Bonchev–Trinajstić information content (AvgIpc) is 2.88. The van der Waals surface area contributed by atoms with Crippen molar-refractivity contribution < 1.29 is 13.2 Å². The third-order valence-electron chi connectivity index (χ3n) is 3.83. The summed E-state index contributed by atoms with van der Waals surface area (Å²) >= 11 is 0. The molecule has 0 atom stereocenters. The molecule has 0 unspecified atom stereocenters. The van der Waals surface area contributed by atoms with E-state index in [1.807, 2.05) is 12.1 Å². The maximum Gasteiger partial charge on any atom is 0.251 e. The molecular formula is C16H16N2O3S. The molecule has 0 saturated carbocycles. The highest BCUT2D eigenvalue weighted by atomic mass is 32.2. The number of fused-ring (bicyclic) bond motifs is 1. The molecule has 0 spiro atoms. The Kier molecular flexibility index (Phi) is 3.72. The zero-order chi connectivity index (χ0) is 15.7. The van der Waals surface area contributed by atoms with Crippen molar-refractivity contribution in [2.75, 3.05) is 0 Å². The second kappa shape index (κ2) is 5.55.